The lowest BCUT2D eigenvalue weighted by Gasteiger charge is -2.26. The number of hydrogen-bond donors (Lipinski definition) is 1. The molecule has 2 aromatic carbocycles. The molecule has 0 bridgehead atoms. The zero-order valence-electron chi connectivity index (χ0n) is 14.2. The average Bonchev–Trinajstić information content (AvgIpc) is 2.65. The van der Waals surface area contributed by atoms with Gasteiger partial charge in [-0.2, -0.15) is 4.31 Å². The number of morpholine rings is 1. The molecule has 12 heteroatoms. The summed E-state index contributed by atoms with van der Waals surface area (Å²) < 4.78 is 73.2. The van der Waals surface area contributed by atoms with Crippen molar-refractivity contribution in [3.63, 3.8) is 0 Å². The highest BCUT2D eigenvalue weighted by Crippen LogP contribution is 2.29. The standard InChI is InChI=1S/C16H15Cl2FN2O5S2/c17-11-1-3-13(18)15(9-11)27(22,23)20-12-2-4-14(19)16(10-12)28(24,25)21-5-7-26-8-6-21/h1-4,9-10,20H,5-8H2. The lowest BCUT2D eigenvalue weighted by molar-refractivity contribution is 0.0729. The van der Waals surface area contributed by atoms with Crippen LogP contribution in [0, 0.1) is 5.82 Å². The molecule has 3 rings (SSSR count). The second kappa shape index (κ2) is 8.13. The first-order chi connectivity index (χ1) is 13.1. The monoisotopic (exact) mass is 468 g/mol. The number of sulfonamides is 2. The molecule has 152 valence electrons. The minimum atomic E-state index is -4.18. The molecule has 1 N–H and O–H groups in total. The number of nitrogens with zero attached hydrogens (tertiary/aromatic N) is 1. The number of benzene rings is 2. The maximum Gasteiger partial charge on any atom is 0.263 e. The molecule has 0 atom stereocenters. The van der Waals surface area contributed by atoms with Gasteiger partial charge in [0.2, 0.25) is 10.0 Å². The maximum absolute atomic E-state index is 14.2. The van der Waals surface area contributed by atoms with Crippen LogP contribution in [0.25, 0.3) is 0 Å². The van der Waals surface area contributed by atoms with E-state index in [1.54, 1.807) is 0 Å². The Hall–Kier alpha value is -1.43. The van der Waals surface area contributed by atoms with Crippen LogP contribution in [0.3, 0.4) is 0 Å². The van der Waals surface area contributed by atoms with Crippen molar-refractivity contribution in [1.82, 2.24) is 4.31 Å². The molecule has 1 heterocycles. The molecule has 1 aliphatic rings. The Kier molecular flexibility index (Phi) is 6.18. The fourth-order valence-corrected chi connectivity index (χ4v) is 5.90. The second-order valence-electron chi connectivity index (χ2n) is 5.84. The van der Waals surface area contributed by atoms with Crippen LogP contribution in [0.2, 0.25) is 10.0 Å². The van der Waals surface area contributed by atoms with E-state index in [0.29, 0.717) is 0 Å². The Bertz CT molecular complexity index is 1100. The quantitative estimate of drug-likeness (QED) is 0.727. The number of rotatable bonds is 5. The van der Waals surface area contributed by atoms with E-state index < -0.39 is 30.8 Å². The van der Waals surface area contributed by atoms with Crippen LogP contribution < -0.4 is 4.72 Å². The van der Waals surface area contributed by atoms with Gasteiger partial charge in [-0.05, 0) is 36.4 Å². The van der Waals surface area contributed by atoms with E-state index in [1.165, 1.54) is 12.1 Å². The molecule has 28 heavy (non-hydrogen) atoms. The SMILES string of the molecule is O=S(=O)(Nc1ccc(F)c(S(=O)(=O)N2CCOCC2)c1)c1cc(Cl)ccc1Cl. The highest BCUT2D eigenvalue weighted by molar-refractivity contribution is 7.93. The summed E-state index contributed by atoms with van der Waals surface area (Å²) in [6.07, 6.45) is 0. The molecule has 0 spiro atoms. The molecule has 1 fully saturated rings. The minimum Gasteiger partial charge on any atom is -0.379 e. The van der Waals surface area contributed by atoms with Gasteiger partial charge in [-0.15, -0.1) is 0 Å². The number of nitrogens with one attached hydrogen (secondary N) is 1. The van der Waals surface area contributed by atoms with E-state index >= 15 is 0 Å². The fraction of sp³-hybridized carbons (Fsp3) is 0.250. The first-order valence-electron chi connectivity index (χ1n) is 7.96. The Morgan fingerprint density at radius 3 is 2.32 bits per heavy atom. The molecule has 0 radical (unpaired) electrons. The van der Waals surface area contributed by atoms with Crippen molar-refractivity contribution in [3.05, 3.63) is 52.3 Å². The average molecular weight is 469 g/mol. The van der Waals surface area contributed by atoms with Gasteiger partial charge in [-0.3, -0.25) is 4.72 Å². The zero-order valence-corrected chi connectivity index (χ0v) is 17.4. The van der Waals surface area contributed by atoms with E-state index in [9.17, 15) is 21.2 Å². The van der Waals surface area contributed by atoms with Crippen molar-refractivity contribution >= 4 is 48.9 Å². The summed E-state index contributed by atoms with van der Waals surface area (Å²) >= 11 is 11.7. The highest BCUT2D eigenvalue weighted by atomic mass is 35.5. The first-order valence-corrected chi connectivity index (χ1v) is 11.6. The first kappa shape index (κ1) is 21.3. The summed E-state index contributed by atoms with van der Waals surface area (Å²) in [5, 5.41) is 0.0830. The predicted octanol–water partition coefficient (Wildman–Crippen LogP) is 2.95. The van der Waals surface area contributed by atoms with Crippen molar-refractivity contribution in [2.75, 3.05) is 31.0 Å². The number of anilines is 1. The zero-order chi connectivity index (χ0) is 20.5. The summed E-state index contributed by atoms with van der Waals surface area (Å²) in [7, 11) is -8.34. The molecule has 2 aromatic rings. The summed E-state index contributed by atoms with van der Waals surface area (Å²) in [6.45, 7) is 0.548. The van der Waals surface area contributed by atoms with Gasteiger partial charge in [0.15, 0.2) is 0 Å². The molecule has 1 aliphatic heterocycles. The van der Waals surface area contributed by atoms with E-state index in [-0.39, 0.29) is 46.9 Å². The summed E-state index contributed by atoms with van der Waals surface area (Å²) in [5.74, 6) is -0.991. The van der Waals surface area contributed by atoms with Gasteiger partial charge in [0.05, 0.1) is 23.9 Å². The Morgan fingerprint density at radius 2 is 1.64 bits per heavy atom. The molecule has 0 saturated carbocycles. The van der Waals surface area contributed by atoms with Gasteiger partial charge in [0, 0.05) is 18.1 Å². The van der Waals surface area contributed by atoms with Crippen molar-refractivity contribution in [3.8, 4) is 0 Å². The largest absolute Gasteiger partial charge is 0.379 e. The summed E-state index contributed by atoms with van der Waals surface area (Å²) in [4.78, 5) is -0.921. The molecule has 7 nitrogen and oxygen atoms in total. The van der Waals surface area contributed by atoms with Crippen molar-refractivity contribution in [2.45, 2.75) is 9.79 Å². The molecule has 0 amide bonds. The van der Waals surface area contributed by atoms with E-state index in [4.69, 9.17) is 27.9 Å². The van der Waals surface area contributed by atoms with Gasteiger partial charge in [0.25, 0.3) is 10.0 Å². The Morgan fingerprint density at radius 1 is 0.964 bits per heavy atom. The highest BCUT2D eigenvalue weighted by Gasteiger charge is 2.30. The minimum absolute atomic E-state index is 0.0693. The summed E-state index contributed by atoms with van der Waals surface area (Å²) in [5.41, 5.74) is -0.135. The second-order valence-corrected chi connectivity index (χ2v) is 10.2. The molecular weight excluding hydrogens is 454 g/mol. The lowest BCUT2D eigenvalue weighted by atomic mass is 10.3. The normalized spacial score (nSPS) is 16.1. The van der Waals surface area contributed by atoms with E-state index in [0.717, 1.165) is 28.6 Å². The van der Waals surface area contributed by atoms with Crippen molar-refractivity contribution in [2.24, 2.45) is 0 Å². The van der Waals surface area contributed by atoms with Crippen molar-refractivity contribution < 1.29 is 26.0 Å². The van der Waals surface area contributed by atoms with Crippen LogP contribution in [0.5, 0.6) is 0 Å². The fourth-order valence-electron chi connectivity index (χ4n) is 2.58. The maximum atomic E-state index is 14.2. The van der Waals surface area contributed by atoms with Gasteiger partial charge >= 0.3 is 0 Å². The smallest absolute Gasteiger partial charge is 0.263 e. The number of ether oxygens (including phenoxy) is 1. The topological polar surface area (TPSA) is 92.8 Å². The lowest BCUT2D eigenvalue weighted by Crippen LogP contribution is -2.40. The summed E-state index contributed by atoms with van der Waals surface area (Å²) in [6, 6.07) is 6.82. The van der Waals surface area contributed by atoms with Crippen LogP contribution in [0.1, 0.15) is 0 Å². The van der Waals surface area contributed by atoms with Crippen LogP contribution in [-0.4, -0.2) is 47.4 Å². The third-order valence-corrected chi connectivity index (χ3v) is 7.97. The Labute approximate surface area is 172 Å². The van der Waals surface area contributed by atoms with Crippen LogP contribution in [0.15, 0.2) is 46.2 Å². The number of halogens is 3. The molecule has 1 saturated heterocycles. The third-order valence-electron chi connectivity index (χ3n) is 3.95. The molecule has 0 aromatic heterocycles. The van der Waals surface area contributed by atoms with Gasteiger partial charge < -0.3 is 4.74 Å². The predicted molar refractivity (Wildman–Crippen MR) is 103 cm³/mol. The van der Waals surface area contributed by atoms with Gasteiger partial charge in [-0.1, -0.05) is 23.2 Å². The molecule has 0 aliphatic carbocycles. The van der Waals surface area contributed by atoms with Crippen LogP contribution >= 0.6 is 23.2 Å². The third kappa shape index (κ3) is 4.42. The molecular formula is C16H15Cl2FN2O5S2. The Balaban J connectivity index is 1.96. The van der Waals surface area contributed by atoms with Crippen molar-refractivity contribution in [1.29, 1.82) is 0 Å². The molecule has 0 unspecified atom stereocenters. The van der Waals surface area contributed by atoms with E-state index in [2.05, 4.69) is 4.72 Å². The van der Waals surface area contributed by atoms with Gasteiger partial charge in [0.1, 0.15) is 15.6 Å². The number of hydrogen-bond acceptors (Lipinski definition) is 5. The van der Waals surface area contributed by atoms with Crippen LogP contribution in [-0.2, 0) is 24.8 Å². The van der Waals surface area contributed by atoms with Crippen LogP contribution in [0.4, 0.5) is 10.1 Å². The van der Waals surface area contributed by atoms with E-state index in [1.807, 2.05) is 0 Å². The van der Waals surface area contributed by atoms with Gasteiger partial charge in [-0.25, -0.2) is 21.2 Å².